The van der Waals surface area contributed by atoms with Crippen LogP contribution in [0.1, 0.15) is 20.7 Å². The highest BCUT2D eigenvalue weighted by Crippen LogP contribution is 2.22. The first-order chi connectivity index (χ1) is 12.7. The Hall–Kier alpha value is -3.60. The molecular formula is C21H16O5. The van der Waals surface area contributed by atoms with Crippen molar-refractivity contribution < 1.29 is 23.8 Å². The van der Waals surface area contributed by atoms with Gasteiger partial charge in [0.05, 0.1) is 18.2 Å². The number of hydrogen-bond acceptors (Lipinski definition) is 5. The van der Waals surface area contributed by atoms with Gasteiger partial charge in [0.15, 0.2) is 0 Å². The average Bonchev–Trinajstić information content (AvgIpc) is 2.69. The van der Waals surface area contributed by atoms with Crippen LogP contribution in [0.15, 0.2) is 78.9 Å². The molecule has 0 aliphatic carbocycles. The first kappa shape index (κ1) is 17.2. The fourth-order valence-electron chi connectivity index (χ4n) is 2.23. The van der Waals surface area contributed by atoms with Gasteiger partial charge in [0.2, 0.25) is 0 Å². The summed E-state index contributed by atoms with van der Waals surface area (Å²) in [6, 6.07) is 22.2. The Balaban J connectivity index is 1.63. The lowest BCUT2D eigenvalue weighted by Crippen LogP contribution is -2.08. The van der Waals surface area contributed by atoms with E-state index in [9.17, 15) is 9.59 Å². The second kappa shape index (κ2) is 7.98. The highest BCUT2D eigenvalue weighted by Gasteiger charge is 2.10. The van der Waals surface area contributed by atoms with Gasteiger partial charge in [-0.05, 0) is 60.7 Å². The summed E-state index contributed by atoms with van der Waals surface area (Å²) >= 11 is 0. The van der Waals surface area contributed by atoms with Crippen LogP contribution in [0.4, 0.5) is 0 Å². The Labute approximate surface area is 150 Å². The quantitative estimate of drug-likeness (QED) is 0.502. The highest BCUT2D eigenvalue weighted by molar-refractivity contribution is 5.92. The van der Waals surface area contributed by atoms with Crippen LogP contribution in [-0.2, 0) is 4.74 Å². The predicted octanol–water partition coefficient (Wildman–Crippen LogP) is 4.48. The van der Waals surface area contributed by atoms with Crippen molar-refractivity contribution in [2.75, 3.05) is 7.11 Å². The lowest BCUT2D eigenvalue weighted by Gasteiger charge is -2.07. The Morgan fingerprint density at radius 3 is 1.69 bits per heavy atom. The van der Waals surface area contributed by atoms with Crippen molar-refractivity contribution in [3.63, 3.8) is 0 Å². The molecule has 0 heterocycles. The lowest BCUT2D eigenvalue weighted by molar-refractivity contribution is 0.0600. The first-order valence-electron chi connectivity index (χ1n) is 7.89. The Morgan fingerprint density at radius 1 is 0.615 bits per heavy atom. The zero-order valence-corrected chi connectivity index (χ0v) is 14.0. The van der Waals surface area contributed by atoms with Crippen molar-refractivity contribution >= 4 is 11.9 Å². The smallest absolute Gasteiger partial charge is 0.343 e. The number of carbonyl (C=O) groups excluding carboxylic acids is 2. The molecular weight excluding hydrogens is 332 g/mol. The molecule has 5 nitrogen and oxygen atoms in total. The minimum atomic E-state index is -0.498. The molecule has 3 aromatic rings. The molecule has 0 unspecified atom stereocenters. The van der Waals surface area contributed by atoms with Gasteiger partial charge < -0.3 is 14.2 Å². The SMILES string of the molecule is COC(=O)c1ccc(OC(=O)c2ccc(Oc3ccccc3)cc2)cc1. The molecule has 0 saturated heterocycles. The van der Waals surface area contributed by atoms with Crippen LogP contribution in [-0.4, -0.2) is 19.0 Å². The van der Waals surface area contributed by atoms with Gasteiger partial charge in [-0.3, -0.25) is 0 Å². The summed E-state index contributed by atoms with van der Waals surface area (Å²) < 4.78 is 15.6. The van der Waals surface area contributed by atoms with E-state index in [4.69, 9.17) is 9.47 Å². The summed E-state index contributed by atoms with van der Waals surface area (Å²) in [6.45, 7) is 0. The number of carbonyl (C=O) groups is 2. The summed E-state index contributed by atoms with van der Waals surface area (Å²) in [6.07, 6.45) is 0. The van der Waals surface area contributed by atoms with E-state index in [1.807, 2.05) is 30.3 Å². The summed E-state index contributed by atoms with van der Waals surface area (Å²) in [5, 5.41) is 0. The molecule has 0 aliphatic rings. The fraction of sp³-hybridized carbons (Fsp3) is 0.0476. The van der Waals surface area contributed by atoms with Crippen molar-refractivity contribution in [2.45, 2.75) is 0 Å². The second-order valence-electron chi connectivity index (χ2n) is 5.34. The maximum Gasteiger partial charge on any atom is 0.343 e. The van der Waals surface area contributed by atoms with E-state index in [-0.39, 0.29) is 0 Å². The largest absolute Gasteiger partial charge is 0.465 e. The molecule has 0 amide bonds. The Morgan fingerprint density at radius 2 is 1.12 bits per heavy atom. The number of para-hydroxylation sites is 1. The van der Waals surface area contributed by atoms with Crippen LogP contribution in [0.25, 0.3) is 0 Å². The van der Waals surface area contributed by atoms with Crippen molar-refractivity contribution in [3.8, 4) is 17.2 Å². The number of rotatable bonds is 5. The van der Waals surface area contributed by atoms with Gasteiger partial charge in [-0.1, -0.05) is 18.2 Å². The third-order valence-corrected chi connectivity index (χ3v) is 3.55. The summed E-state index contributed by atoms with van der Waals surface area (Å²) in [4.78, 5) is 23.6. The molecule has 0 fully saturated rings. The minimum absolute atomic E-state index is 0.340. The third kappa shape index (κ3) is 4.27. The van der Waals surface area contributed by atoms with E-state index >= 15 is 0 Å². The standard InChI is InChI=1S/C21H16O5/c1-24-20(22)15-7-13-19(14-8-15)26-21(23)16-9-11-18(12-10-16)25-17-5-3-2-4-6-17/h2-14H,1H3. The summed E-state index contributed by atoms with van der Waals surface area (Å²) in [5.74, 6) is 0.731. The summed E-state index contributed by atoms with van der Waals surface area (Å²) in [7, 11) is 1.31. The van der Waals surface area contributed by atoms with Crippen LogP contribution in [0.3, 0.4) is 0 Å². The lowest BCUT2D eigenvalue weighted by atomic mass is 10.2. The minimum Gasteiger partial charge on any atom is -0.465 e. The topological polar surface area (TPSA) is 61.8 Å². The van der Waals surface area contributed by atoms with Crippen molar-refractivity contribution in [1.29, 1.82) is 0 Å². The van der Waals surface area contributed by atoms with E-state index in [0.717, 1.165) is 0 Å². The molecule has 130 valence electrons. The van der Waals surface area contributed by atoms with Gasteiger partial charge in [-0.25, -0.2) is 9.59 Å². The molecule has 0 radical (unpaired) electrons. The van der Waals surface area contributed by atoms with Gasteiger partial charge in [0.1, 0.15) is 17.2 Å². The average molecular weight is 348 g/mol. The van der Waals surface area contributed by atoms with Crippen molar-refractivity contribution in [3.05, 3.63) is 90.0 Å². The van der Waals surface area contributed by atoms with Gasteiger partial charge in [0, 0.05) is 0 Å². The third-order valence-electron chi connectivity index (χ3n) is 3.55. The molecule has 0 aliphatic heterocycles. The van der Waals surface area contributed by atoms with Crippen molar-refractivity contribution in [2.24, 2.45) is 0 Å². The fourth-order valence-corrected chi connectivity index (χ4v) is 2.23. The van der Waals surface area contributed by atoms with Gasteiger partial charge in [-0.2, -0.15) is 0 Å². The number of benzene rings is 3. The number of hydrogen-bond donors (Lipinski definition) is 0. The van der Waals surface area contributed by atoms with Crippen LogP contribution < -0.4 is 9.47 Å². The van der Waals surface area contributed by atoms with Crippen LogP contribution in [0.2, 0.25) is 0 Å². The maximum absolute atomic E-state index is 12.2. The number of methoxy groups -OCH3 is 1. The first-order valence-corrected chi connectivity index (χ1v) is 7.89. The molecule has 0 N–H and O–H groups in total. The molecule has 0 atom stereocenters. The molecule has 3 rings (SSSR count). The van der Waals surface area contributed by atoms with Crippen LogP contribution >= 0.6 is 0 Å². The normalized spacial score (nSPS) is 10.0. The van der Waals surface area contributed by atoms with E-state index in [2.05, 4.69) is 4.74 Å². The Kier molecular flexibility index (Phi) is 5.29. The van der Waals surface area contributed by atoms with Crippen molar-refractivity contribution in [1.82, 2.24) is 0 Å². The van der Waals surface area contributed by atoms with Gasteiger partial charge >= 0.3 is 11.9 Å². The zero-order chi connectivity index (χ0) is 18.4. The van der Waals surface area contributed by atoms with Crippen LogP contribution in [0, 0.1) is 0 Å². The van der Waals surface area contributed by atoms with E-state index < -0.39 is 11.9 Å². The molecule has 3 aromatic carbocycles. The molecule has 0 saturated carbocycles. The van der Waals surface area contributed by atoms with Crippen LogP contribution in [0.5, 0.6) is 17.2 Å². The highest BCUT2D eigenvalue weighted by atomic mass is 16.5. The molecule has 0 spiro atoms. The number of esters is 2. The van der Waals surface area contributed by atoms with E-state index in [1.165, 1.54) is 31.4 Å². The van der Waals surface area contributed by atoms with Gasteiger partial charge in [0.25, 0.3) is 0 Å². The maximum atomic E-state index is 12.2. The summed E-state index contributed by atoms with van der Waals surface area (Å²) in [5.41, 5.74) is 0.775. The molecule has 26 heavy (non-hydrogen) atoms. The molecule has 0 bridgehead atoms. The number of ether oxygens (including phenoxy) is 3. The van der Waals surface area contributed by atoms with E-state index in [0.29, 0.717) is 28.4 Å². The Bertz CT molecular complexity index is 884. The molecule has 5 heteroatoms. The molecule has 0 aromatic heterocycles. The monoisotopic (exact) mass is 348 g/mol. The zero-order valence-electron chi connectivity index (χ0n) is 14.0. The second-order valence-corrected chi connectivity index (χ2v) is 5.34. The van der Waals surface area contributed by atoms with E-state index in [1.54, 1.807) is 24.3 Å². The van der Waals surface area contributed by atoms with Gasteiger partial charge in [-0.15, -0.1) is 0 Å². The predicted molar refractivity (Wildman–Crippen MR) is 95.7 cm³/mol.